The highest BCUT2D eigenvalue weighted by molar-refractivity contribution is 5.04. The van der Waals surface area contributed by atoms with Crippen molar-refractivity contribution < 1.29 is 0 Å². The number of nitrogens with one attached hydrogen (secondary N) is 1. The lowest BCUT2D eigenvalue weighted by Crippen LogP contribution is -2.35. The van der Waals surface area contributed by atoms with E-state index in [-0.39, 0.29) is 0 Å². The van der Waals surface area contributed by atoms with Gasteiger partial charge < -0.3 is 5.32 Å². The Morgan fingerprint density at radius 1 is 1.39 bits per heavy atom. The summed E-state index contributed by atoms with van der Waals surface area (Å²) in [6, 6.07) is 0.820. The number of hydrogen-bond donors (Lipinski definition) is 1. The standard InChI is InChI=1S/C15H27N3/c1-4-15(5-2,12-16-14-6-7-14)9-8-13-10-17-18(3)11-13/h10-11,14,16H,4-9,12H2,1-3H3. The molecular formula is C15H27N3. The predicted molar refractivity (Wildman–Crippen MR) is 75.6 cm³/mol. The molecule has 1 aliphatic rings. The first-order valence-corrected chi connectivity index (χ1v) is 7.38. The fraction of sp³-hybridized carbons (Fsp3) is 0.800. The molecule has 3 heteroatoms. The van der Waals surface area contributed by atoms with E-state index in [9.17, 15) is 0 Å². The van der Waals surface area contributed by atoms with Crippen LogP contribution in [0.3, 0.4) is 0 Å². The van der Waals surface area contributed by atoms with Gasteiger partial charge in [0.05, 0.1) is 6.20 Å². The van der Waals surface area contributed by atoms with Crippen LogP contribution < -0.4 is 5.32 Å². The Kier molecular flexibility index (Phi) is 4.44. The quantitative estimate of drug-likeness (QED) is 0.767. The number of aryl methyl sites for hydroxylation is 2. The molecule has 2 rings (SSSR count). The molecule has 0 spiro atoms. The van der Waals surface area contributed by atoms with Crippen LogP contribution in [0.4, 0.5) is 0 Å². The molecule has 1 aromatic rings. The van der Waals surface area contributed by atoms with E-state index in [1.165, 1.54) is 44.2 Å². The first kappa shape index (κ1) is 13.6. The van der Waals surface area contributed by atoms with Gasteiger partial charge in [0.1, 0.15) is 0 Å². The van der Waals surface area contributed by atoms with Crippen molar-refractivity contribution in [3.05, 3.63) is 18.0 Å². The Hall–Kier alpha value is -0.830. The highest BCUT2D eigenvalue weighted by Crippen LogP contribution is 2.32. The van der Waals surface area contributed by atoms with Crippen molar-refractivity contribution in [1.82, 2.24) is 15.1 Å². The normalized spacial score (nSPS) is 16.2. The molecule has 0 saturated heterocycles. The lowest BCUT2D eigenvalue weighted by molar-refractivity contribution is 0.227. The van der Waals surface area contributed by atoms with Gasteiger partial charge in [0.2, 0.25) is 0 Å². The Labute approximate surface area is 111 Å². The minimum absolute atomic E-state index is 0.471. The first-order valence-electron chi connectivity index (χ1n) is 7.38. The number of rotatable bonds is 8. The van der Waals surface area contributed by atoms with Crippen LogP contribution in [0.1, 0.15) is 51.5 Å². The fourth-order valence-corrected chi connectivity index (χ4v) is 2.60. The van der Waals surface area contributed by atoms with Crippen LogP contribution in [-0.2, 0) is 13.5 Å². The summed E-state index contributed by atoms with van der Waals surface area (Å²) in [6.07, 6.45) is 11.9. The van der Waals surface area contributed by atoms with Gasteiger partial charge in [-0.3, -0.25) is 4.68 Å². The second kappa shape index (κ2) is 5.87. The van der Waals surface area contributed by atoms with Crippen molar-refractivity contribution in [3.8, 4) is 0 Å². The molecule has 1 saturated carbocycles. The fourth-order valence-electron chi connectivity index (χ4n) is 2.60. The Morgan fingerprint density at radius 3 is 2.61 bits per heavy atom. The maximum atomic E-state index is 4.25. The van der Waals surface area contributed by atoms with Crippen LogP contribution in [0.2, 0.25) is 0 Å². The van der Waals surface area contributed by atoms with Gasteiger partial charge in [-0.25, -0.2) is 0 Å². The summed E-state index contributed by atoms with van der Waals surface area (Å²) >= 11 is 0. The Morgan fingerprint density at radius 2 is 2.11 bits per heavy atom. The van der Waals surface area contributed by atoms with Crippen LogP contribution in [0.5, 0.6) is 0 Å². The molecule has 0 amide bonds. The van der Waals surface area contributed by atoms with Gasteiger partial charge in [0, 0.05) is 25.8 Å². The summed E-state index contributed by atoms with van der Waals surface area (Å²) in [5.74, 6) is 0. The van der Waals surface area contributed by atoms with Gasteiger partial charge in [-0.1, -0.05) is 13.8 Å². The van der Waals surface area contributed by atoms with Gasteiger partial charge in [-0.2, -0.15) is 5.10 Å². The highest BCUT2D eigenvalue weighted by Gasteiger charge is 2.29. The Balaban J connectivity index is 1.87. The zero-order valence-electron chi connectivity index (χ0n) is 12.1. The highest BCUT2D eigenvalue weighted by atomic mass is 15.2. The Bertz CT molecular complexity index is 362. The van der Waals surface area contributed by atoms with Crippen LogP contribution >= 0.6 is 0 Å². The zero-order chi connectivity index (χ0) is 13.0. The molecule has 0 aromatic carbocycles. The van der Waals surface area contributed by atoms with E-state index in [0.717, 1.165) is 12.5 Å². The second-order valence-corrected chi connectivity index (χ2v) is 5.88. The number of nitrogens with zero attached hydrogens (tertiary/aromatic N) is 2. The first-order chi connectivity index (χ1) is 8.67. The van der Waals surface area contributed by atoms with Gasteiger partial charge >= 0.3 is 0 Å². The number of hydrogen-bond acceptors (Lipinski definition) is 2. The summed E-state index contributed by atoms with van der Waals surface area (Å²) in [4.78, 5) is 0. The van der Waals surface area contributed by atoms with Gasteiger partial charge in [-0.15, -0.1) is 0 Å². The lowest BCUT2D eigenvalue weighted by atomic mass is 9.77. The molecule has 0 aliphatic heterocycles. The molecule has 0 unspecified atom stereocenters. The predicted octanol–water partition coefficient (Wildman–Crippen LogP) is 2.91. The van der Waals surface area contributed by atoms with E-state index < -0.39 is 0 Å². The summed E-state index contributed by atoms with van der Waals surface area (Å²) in [5, 5.41) is 7.97. The topological polar surface area (TPSA) is 29.9 Å². The summed E-state index contributed by atoms with van der Waals surface area (Å²) in [5.41, 5.74) is 1.84. The molecule has 18 heavy (non-hydrogen) atoms. The van der Waals surface area contributed by atoms with Crippen molar-refractivity contribution in [2.24, 2.45) is 12.5 Å². The van der Waals surface area contributed by atoms with E-state index in [1.807, 2.05) is 17.9 Å². The largest absolute Gasteiger partial charge is 0.313 e. The molecule has 3 nitrogen and oxygen atoms in total. The van der Waals surface area contributed by atoms with Crippen molar-refractivity contribution >= 4 is 0 Å². The molecule has 0 bridgehead atoms. The van der Waals surface area contributed by atoms with Crippen molar-refractivity contribution in [2.45, 2.75) is 58.4 Å². The molecule has 102 valence electrons. The average molecular weight is 249 g/mol. The van der Waals surface area contributed by atoms with Crippen molar-refractivity contribution in [2.75, 3.05) is 6.54 Å². The number of aromatic nitrogens is 2. The van der Waals surface area contributed by atoms with Crippen LogP contribution in [0.25, 0.3) is 0 Å². The van der Waals surface area contributed by atoms with Gasteiger partial charge in [-0.05, 0) is 49.5 Å². The van der Waals surface area contributed by atoms with Crippen molar-refractivity contribution in [3.63, 3.8) is 0 Å². The monoisotopic (exact) mass is 249 g/mol. The van der Waals surface area contributed by atoms with E-state index in [2.05, 4.69) is 30.5 Å². The lowest BCUT2D eigenvalue weighted by Gasteiger charge is -2.32. The zero-order valence-corrected chi connectivity index (χ0v) is 12.1. The van der Waals surface area contributed by atoms with E-state index in [0.29, 0.717) is 5.41 Å². The maximum Gasteiger partial charge on any atom is 0.0521 e. The van der Waals surface area contributed by atoms with E-state index in [1.54, 1.807) is 0 Å². The maximum absolute atomic E-state index is 4.25. The molecule has 0 radical (unpaired) electrons. The molecule has 1 aromatic heterocycles. The second-order valence-electron chi connectivity index (χ2n) is 5.88. The van der Waals surface area contributed by atoms with E-state index >= 15 is 0 Å². The molecule has 1 aliphatic carbocycles. The SMILES string of the molecule is CCC(CC)(CCc1cnn(C)c1)CNC1CC1. The smallest absolute Gasteiger partial charge is 0.0521 e. The molecule has 1 N–H and O–H groups in total. The summed E-state index contributed by atoms with van der Waals surface area (Å²) < 4.78 is 1.90. The van der Waals surface area contributed by atoms with Crippen LogP contribution in [0, 0.1) is 5.41 Å². The minimum Gasteiger partial charge on any atom is -0.313 e. The van der Waals surface area contributed by atoms with Crippen LogP contribution in [0.15, 0.2) is 12.4 Å². The molecule has 1 fully saturated rings. The van der Waals surface area contributed by atoms with Crippen molar-refractivity contribution in [1.29, 1.82) is 0 Å². The minimum atomic E-state index is 0.471. The molecular weight excluding hydrogens is 222 g/mol. The third-order valence-electron chi connectivity index (χ3n) is 4.55. The van der Waals surface area contributed by atoms with Gasteiger partial charge in [0.15, 0.2) is 0 Å². The third-order valence-corrected chi connectivity index (χ3v) is 4.55. The third kappa shape index (κ3) is 3.58. The average Bonchev–Trinajstić information content (AvgIpc) is 3.13. The van der Waals surface area contributed by atoms with Gasteiger partial charge in [0.25, 0.3) is 0 Å². The molecule has 0 atom stereocenters. The summed E-state index contributed by atoms with van der Waals surface area (Å²) in [6.45, 7) is 5.85. The summed E-state index contributed by atoms with van der Waals surface area (Å²) in [7, 11) is 1.99. The molecule has 1 heterocycles. The van der Waals surface area contributed by atoms with Crippen LogP contribution in [-0.4, -0.2) is 22.4 Å². The van der Waals surface area contributed by atoms with E-state index in [4.69, 9.17) is 0 Å².